The predicted octanol–water partition coefficient (Wildman–Crippen LogP) is 2.10. The third kappa shape index (κ3) is 4.47. The largest absolute Gasteiger partial charge is 0.478 e. The molecular weight excluding hydrogens is 206 g/mol. The van der Waals surface area contributed by atoms with Crippen molar-refractivity contribution in [1.82, 2.24) is 5.32 Å². The smallest absolute Gasteiger partial charge is 0.331 e. The summed E-state index contributed by atoms with van der Waals surface area (Å²) >= 11 is 0. The Bertz CT molecular complexity index is 295. The van der Waals surface area contributed by atoms with E-state index in [1.165, 1.54) is 13.8 Å². The van der Waals surface area contributed by atoms with Crippen LogP contribution >= 0.6 is 0 Å². The van der Waals surface area contributed by atoms with Crippen LogP contribution in [0.5, 0.6) is 0 Å². The third-order valence-corrected chi connectivity index (χ3v) is 2.69. The number of aliphatic carboxylic acids is 1. The molecule has 0 aliphatic heterocycles. The zero-order valence-corrected chi connectivity index (χ0v) is 10.5. The van der Waals surface area contributed by atoms with Crippen molar-refractivity contribution >= 4 is 11.9 Å². The first kappa shape index (κ1) is 14.7. The monoisotopic (exact) mass is 227 g/mol. The van der Waals surface area contributed by atoms with Crippen LogP contribution in [0, 0.1) is 0 Å². The van der Waals surface area contributed by atoms with E-state index in [4.69, 9.17) is 5.11 Å². The fraction of sp³-hybridized carbons (Fsp3) is 0.667. The molecule has 1 atom stereocenters. The number of carboxylic acid groups (broad SMARTS) is 1. The summed E-state index contributed by atoms with van der Waals surface area (Å²) in [7, 11) is 0. The molecule has 1 amide bonds. The highest BCUT2D eigenvalue weighted by molar-refractivity contribution is 6.01. The maximum atomic E-state index is 11.7. The fourth-order valence-electron chi connectivity index (χ4n) is 1.35. The van der Waals surface area contributed by atoms with Gasteiger partial charge in [0.25, 0.3) is 0 Å². The van der Waals surface area contributed by atoms with Crippen molar-refractivity contribution in [3.05, 3.63) is 11.1 Å². The van der Waals surface area contributed by atoms with Crippen LogP contribution in [0.25, 0.3) is 0 Å². The molecule has 0 saturated carbocycles. The van der Waals surface area contributed by atoms with Gasteiger partial charge in [-0.05, 0) is 26.7 Å². The molecular formula is C12H21NO3. The molecule has 2 N–H and O–H groups in total. The lowest BCUT2D eigenvalue weighted by Gasteiger charge is -2.16. The minimum absolute atomic E-state index is 0.101. The molecule has 0 rings (SSSR count). The van der Waals surface area contributed by atoms with Gasteiger partial charge in [-0.1, -0.05) is 20.3 Å². The lowest BCUT2D eigenvalue weighted by molar-refractivity contribution is -0.133. The van der Waals surface area contributed by atoms with Gasteiger partial charge in [0.2, 0.25) is 5.91 Å². The van der Waals surface area contributed by atoms with Gasteiger partial charge in [-0.2, -0.15) is 0 Å². The number of hydrogen-bond acceptors (Lipinski definition) is 2. The normalized spacial score (nSPS) is 14.0. The molecule has 4 heteroatoms. The molecule has 0 aromatic carbocycles. The van der Waals surface area contributed by atoms with E-state index in [0.29, 0.717) is 0 Å². The first-order chi connectivity index (χ1) is 7.43. The van der Waals surface area contributed by atoms with Crippen LogP contribution in [0.1, 0.15) is 47.0 Å². The maximum absolute atomic E-state index is 11.7. The van der Waals surface area contributed by atoms with Gasteiger partial charge in [0.05, 0.1) is 0 Å². The van der Waals surface area contributed by atoms with Gasteiger partial charge < -0.3 is 10.4 Å². The van der Waals surface area contributed by atoms with E-state index in [2.05, 4.69) is 12.2 Å². The van der Waals surface area contributed by atoms with E-state index >= 15 is 0 Å². The predicted molar refractivity (Wildman–Crippen MR) is 63.1 cm³/mol. The number of carbonyl (C=O) groups excluding carboxylic acids is 1. The molecule has 0 radical (unpaired) electrons. The topological polar surface area (TPSA) is 66.4 Å². The molecule has 0 aliphatic carbocycles. The average Bonchev–Trinajstić information content (AvgIpc) is 2.25. The Labute approximate surface area is 96.7 Å². The number of rotatable bonds is 6. The van der Waals surface area contributed by atoms with Crippen LogP contribution in [0.3, 0.4) is 0 Å². The van der Waals surface area contributed by atoms with Gasteiger partial charge in [0.1, 0.15) is 0 Å². The molecule has 0 saturated heterocycles. The van der Waals surface area contributed by atoms with Gasteiger partial charge in [0, 0.05) is 17.2 Å². The van der Waals surface area contributed by atoms with Crippen molar-refractivity contribution in [1.29, 1.82) is 0 Å². The molecule has 4 nitrogen and oxygen atoms in total. The first-order valence-corrected chi connectivity index (χ1v) is 5.65. The molecule has 1 unspecified atom stereocenters. The van der Waals surface area contributed by atoms with Gasteiger partial charge in [-0.15, -0.1) is 0 Å². The number of nitrogens with one attached hydrogen (secondary N) is 1. The minimum atomic E-state index is -1.05. The van der Waals surface area contributed by atoms with Crippen LogP contribution in [-0.4, -0.2) is 23.0 Å². The standard InChI is InChI=1S/C12H21NO3/c1-5-7-10(6-2)13-11(14)8(3)9(4)12(15)16/h10H,5-7H2,1-4H3,(H,13,14)(H,15,16). The Kier molecular flexibility index (Phi) is 6.46. The Morgan fingerprint density at radius 1 is 1.19 bits per heavy atom. The van der Waals surface area contributed by atoms with Crippen molar-refractivity contribution in [3.63, 3.8) is 0 Å². The van der Waals surface area contributed by atoms with E-state index < -0.39 is 5.97 Å². The maximum Gasteiger partial charge on any atom is 0.331 e. The SMILES string of the molecule is CCCC(CC)NC(=O)C(C)=C(C)C(=O)O. The number of amides is 1. The summed E-state index contributed by atoms with van der Waals surface area (Å²) < 4.78 is 0. The molecule has 0 fully saturated rings. The summed E-state index contributed by atoms with van der Waals surface area (Å²) in [5.74, 6) is -1.32. The first-order valence-electron chi connectivity index (χ1n) is 5.65. The summed E-state index contributed by atoms with van der Waals surface area (Å²) in [6.45, 7) is 7.04. The molecule has 0 aliphatic rings. The average molecular weight is 227 g/mol. The van der Waals surface area contributed by atoms with Crippen LogP contribution < -0.4 is 5.32 Å². The Hall–Kier alpha value is -1.32. The number of hydrogen-bond donors (Lipinski definition) is 2. The van der Waals surface area contributed by atoms with E-state index in [9.17, 15) is 9.59 Å². The van der Waals surface area contributed by atoms with Crippen molar-refractivity contribution < 1.29 is 14.7 Å². The van der Waals surface area contributed by atoms with Crippen LogP contribution in [0.4, 0.5) is 0 Å². The molecule has 0 spiro atoms. The highest BCUT2D eigenvalue weighted by atomic mass is 16.4. The second kappa shape index (κ2) is 7.04. The highest BCUT2D eigenvalue weighted by Crippen LogP contribution is 2.07. The number of carbonyl (C=O) groups is 2. The fourth-order valence-corrected chi connectivity index (χ4v) is 1.35. The summed E-state index contributed by atoms with van der Waals surface area (Å²) in [5, 5.41) is 11.6. The lowest BCUT2D eigenvalue weighted by Crippen LogP contribution is -2.35. The Morgan fingerprint density at radius 2 is 1.75 bits per heavy atom. The van der Waals surface area contributed by atoms with Gasteiger partial charge >= 0.3 is 5.97 Å². The van der Waals surface area contributed by atoms with Crippen LogP contribution in [-0.2, 0) is 9.59 Å². The van der Waals surface area contributed by atoms with Gasteiger partial charge in [-0.25, -0.2) is 4.79 Å². The second-order valence-corrected chi connectivity index (χ2v) is 3.92. The minimum Gasteiger partial charge on any atom is -0.478 e. The van der Waals surface area contributed by atoms with Crippen molar-refractivity contribution in [2.45, 2.75) is 53.0 Å². The molecule has 16 heavy (non-hydrogen) atoms. The van der Waals surface area contributed by atoms with Crippen molar-refractivity contribution in [3.8, 4) is 0 Å². The van der Waals surface area contributed by atoms with Crippen molar-refractivity contribution in [2.24, 2.45) is 0 Å². The summed E-state index contributed by atoms with van der Waals surface area (Å²) in [5.41, 5.74) is 0.380. The summed E-state index contributed by atoms with van der Waals surface area (Å²) in [4.78, 5) is 22.4. The quantitative estimate of drug-likeness (QED) is 0.683. The van der Waals surface area contributed by atoms with Gasteiger partial charge in [0.15, 0.2) is 0 Å². The molecule has 0 heterocycles. The Morgan fingerprint density at radius 3 is 2.12 bits per heavy atom. The highest BCUT2D eigenvalue weighted by Gasteiger charge is 2.15. The van der Waals surface area contributed by atoms with Gasteiger partial charge in [-0.3, -0.25) is 4.79 Å². The van der Waals surface area contributed by atoms with E-state index in [-0.39, 0.29) is 23.1 Å². The number of carboxylic acids is 1. The summed E-state index contributed by atoms with van der Waals surface area (Å²) in [6.07, 6.45) is 2.78. The van der Waals surface area contributed by atoms with E-state index in [0.717, 1.165) is 19.3 Å². The zero-order chi connectivity index (χ0) is 12.7. The molecule has 92 valence electrons. The third-order valence-electron chi connectivity index (χ3n) is 2.69. The van der Waals surface area contributed by atoms with E-state index in [1.807, 2.05) is 6.92 Å². The zero-order valence-electron chi connectivity index (χ0n) is 10.5. The lowest BCUT2D eigenvalue weighted by atomic mass is 10.1. The van der Waals surface area contributed by atoms with Crippen molar-refractivity contribution in [2.75, 3.05) is 0 Å². The second-order valence-electron chi connectivity index (χ2n) is 3.92. The van der Waals surface area contributed by atoms with Crippen LogP contribution in [0.2, 0.25) is 0 Å². The Balaban J connectivity index is 4.57. The molecule has 0 aromatic rings. The van der Waals surface area contributed by atoms with E-state index in [1.54, 1.807) is 0 Å². The molecule has 0 aromatic heterocycles. The molecule has 0 bridgehead atoms. The summed E-state index contributed by atoms with van der Waals surface area (Å²) in [6, 6.07) is 0.133. The van der Waals surface area contributed by atoms with Crippen LogP contribution in [0.15, 0.2) is 11.1 Å².